The molecule has 0 atom stereocenters. The molecule has 0 fully saturated rings. The van der Waals surface area contributed by atoms with Crippen molar-refractivity contribution in [2.75, 3.05) is 4.90 Å². The Balaban J connectivity index is 2.70. The molecule has 7 nitrogen and oxygen atoms in total. The van der Waals surface area contributed by atoms with Crippen LogP contribution in [-0.2, 0) is 17.8 Å². The molecule has 0 saturated heterocycles. The molecule has 2 rings (SSSR count). The van der Waals surface area contributed by atoms with Crippen molar-refractivity contribution in [2.45, 2.75) is 39.7 Å². The van der Waals surface area contributed by atoms with E-state index in [1.54, 1.807) is 31.2 Å². The number of carbonyl (C=O) groups excluding carboxylic acids is 1. The van der Waals surface area contributed by atoms with E-state index in [4.69, 9.17) is 11.6 Å². The maximum Gasteiger partial charge on any atom is 0.336 e. The summed E-state index contributed by atoms with van der Waals surface area (Å²) in [4.78, 5) is 36.9. The van der Waals surface area contributed by atoms with Crippen molar-refractivity contribution in [3.8, 4) is 0 Å². The highest BCUT2D eigenvalue weighted by molar-refractivity contribution is 6.30. The molecule has 0 aliphatic rings. The molecule has 8 heteroatoms. The summed E-state index contributed by atoms with van der Waals surface area (Å²) in [5, 5.41) is 21.7. The van der Waals surface area contributed by atoms with Crippen LogP contribution in [0.4, 0.5) is 11.4 Å². The van der Waals surface area contributed by atoms with Crippen molar-refractivity contribution < 1.29 is 19.6 Å². The maximum absolute atomic E-state index is 12.9. The average Bonchev–Trinajstić information content (AvgIpc) is 2.66. The van der Waals surface area contributed by atoms with E-state index in [-0.39, 0.29) is 47.8 Å². The molecule has 0 bridgehead atoms. The molecule has 1 N–H and O–H groups in total. The van der Waals surface area contributed by atoms with Crippen LogP contribution in [0.3, 0.4) is 0 Å². The third-order valence-corrected chi connectivity index (χ3v) is 4.58. The largest absolute Gasteiger partial charge is 0.478 e. The Morgan fingerprint density at radius 1 is 1.14 bits per heavy atom. The van der Waals surface area contributed by atoms with Crippen LogP contribution < -0.4 is 4.90 Å². The van der Waals surface area contributed by atoms with Crippen molar-refractivity contribution in [3.05, 3.63) is 68.2 Å². The van der Waals surface area contributed by atoms with E-state index in [1.165, 1.54) is 11.0 Å². The monoisotopic (exact) mass is 404 g/mol. The van der Waals surface area contributed by atoms with E-state index in [9.17, 15) is 24.8 Å². The number of carbonyl (C=O) groups is 2. The van der Waals surface area contributed by atoms with Gasteiger partial charge >= 0.3 is 5.97 Å². The Morgan fingerprint density at radius 3 is 2.29 bits per heavy atom. The van der Waals surface area contributed by atoms with Gasteiger partial charge in [-0.1, -0.05) is 37.6 Å². The van der Waals surface area contributed by atoms with Crippen molar-refractivity contribution in [2.24, 2.45) is 0 Å². The molecule has 0 aromatic heterocycles. The van der Waals surface area contributed by atoms with Crippen molar-refractivity contribution >= 4 is 34.9 Å². The average molecular weight is 405 g/mol. The number of nitro benzene ring substituents is 1. The van der Waals surface area contributed by atoms with Gasteiger partial charge in [-0.25, -0.2) is 4.79 Å². The molecule has 0 saturated carbocycles. The molecule has 2 aromatic rings. The van der Waals surface area contributed by atoms with Crippen molar-refractivity contribution in [1.29, 1.82) is 0 Å². The van der Waals surface area contributed by atoms with Gasteiger partial charge in [0.15, 0.2) is 0 Å². The summed E-state index contributed by atoms with van der Waals surface area (Å²) in [6.07, 6.45) is 0.976. The number of benzene rings is 2. The molecule has 148 valence electrons. The minimum atomic E-state index is -1.19. The summed E-state index contributed by atoms with van der Waals surface area (Å²) >= 11 is 5.91. The van der Waals surface area contributed by atoms with E-state index in [1.807, 2.05) is 6.92 Å². The van der Waals surface area contributed by atoms with E-state index < -0.39 is 10.9 Å². The highest BCUT2D eigenvalue weighted by Gasteiger charge is 2.30. The first kappa shape index (κ1) is 21.4. The van der Waals surface area contributed by atoms with Gasteiger partial charge in [-0.05, 0) is 42.2 Å². The van der Waals surface area contributed by atoms with Gasteiger partial charge < -0.3 is 10.0 Å². The van der Waals surface area contributed by atoms with E-state index in [0.717, 1.165) is 11.6 Å². The molecule has 0 unspecified atom stereocenters. The molecular formula is C20H21ClN2O5. The van der Waals surface area contributed by atoms with E-state index in [2.05, 4.69) is 0 Å². The van der Waals surface area contributed by atoms with Crippen LogP contribution in [0.25, 0.3) is 0 Å². The second-order valence-electron chi connectivity index (χ2n) is 6.23. The molecule has 0 radical (unpaired) electrons. The number of aromatic carboxylic acids is 1. The van der Waals surface area contributed by atoms with Gasteiger partial charge in [0, 0.05) is 17.5 Å². The Labute approximate surface area is 167 Å². The quantitative estimate of drug-likeness (QED) is 0.501. The number of nitrogens with zero attached hydrogens (tertiary/aromatic N) is 2. The van der Waals surface area contributed by atoms with Crippen LogP contribution in [0.2, 0.25) is 5.02 Å². The topological polar surface area (TPSA) is 101 Å². The second kappa shape index (κ2) is 9.32. The number of carboxylic acid groups (broad SMARTS) is 1. The minimum Gasteiger partial charge on any atom is -0.478 e. The summed E-state index contributed by atoms with van der Waals surface area (Å²) < 4.78 is 0. The zero-order valence-corrected chi connectivity index (χ0v) is 16.4. The zero-order chi connectivity index (χ0) is 20.8. The number of hydrogen-bond acceptors (Lipinski definition) is 4. The number of halogens is 1. The lowest BCUT2D eigenvalue weighted by Crippen LogP contribution is -2.32. The van der Waals surface area contributed by atoms with Gasteiger partial charge in [0.25, 0.3) is 5.69 Å². The zero-order valence-electron chi connectivity index (χ0n) is 15.6. The fourth-order valence-corrected chi connectivity index (χ4v) is 3.17. The van der Waals surface area contributed by atoms with Gasteiger partial charge in [0.1, 0.15) is 5.69 Å². The molecule has 0 spiro atoms. The third-order valence-electron chi connectivity index (χ3n) is 4.33. The SMILES string of the molecule is CCCC(=O)N(Cc1ccc(Cl)cc1)c1c([N+](=O)[O-])ccc(C(=O)O)c1CC. The fraction of sp³-hybridized carbons (Fsp3) is 0.300. The van der Waals surface area contributed by atoms with Crippen LogP contribution in [0.1, 0.15) is 48.2 Å². The molecule has 28 heavy (non-hydrogen) atoms. The van der Waals surface area contributed by atoms with Gasteiger partial charge in [0.05, 0.1) is 17.0 Å². The molecular weight excluding hydrogens is 384 g/mol. The van der Waals surface area contributed by atoms with E-state index in [0.29, 0.717) is 11.4 Å². The van der Waals surface area contributed by atoms with Crippen molar-refractivity contribution in [1.82, 2.24) is 0 Å². The van der Waals surface area contributed by atoms with Crippen LogP contribution in [0.5, 0.6) is 0 Å². The number of carboxylic acids is 1. The number of anilines is 1. The van der Waals surface area contributed by atoms with Crippen molar-refractivity contribution in [3.63, 3.8) is 0 Å². The lowest BCUT2D eigenvalue weighted by atomic mass is 9.99. The fourth-order valence-electron chi connectivity index (χ4n) is 3.04. The van der Waals surface area contributed by atoms with Crippen LogP contribution >= 0.6 is 11.6 Å². The molecule has 0 heterocycles. The first-order chi connectivity index (χ1) is 13.3. The number of hydrogen-bond donors (Lipinski definition) is 1. The summed E-state index contributed by atoms with van der Waals surface area (Å²) in [5.74, 6) is -1.50. The van der Waals surface area contributed by atoms with Crippen LogP contribution in [0.15, 0.2) is 36.4 Å². The maximum atomic E-state index is 12.9. The van der Waals surface area contributed by atoms with Gasteiger partial charge in [-0.3, -0.25) is 14.9 Å². The normalized spacial score (nSPS) is 10.5. The molecule has 2 aromatic carbocycles. The van der Waals surface area contributed by atoms with Gasteiger partial charge in [-0.2, -0.15) is 0 Å². The highest BCUT2D eigenvalue weighted by Crippen LogP contribution is 2.36. The standard InChI is InChI=1S/C20H21ClN2O5/c1-3-5-18(24)22(12-13-6-8-14(21)9-7-13)19-15(4-2)16(20(25)26)10-11-17(19)23(27)28/h6-11H,3-5,12H2,1-2H3,(H,25,26). The third kappa shape index (κ3) is 4.67. The van der Waals surface area contributed by atoms with Gasteiger partial charge in [-0.15, -0.1) is 0 Å². The first-order valence-electron chi connectivity index (χ1n) is 8.88. The summed E-state index contributed by atoms with van der Waals surface area (Å²) in [6.45, 7) is 3.62. The Kier molecular flexibility index (Phi) is 7.12. The second-order valence-corrected chi connectivity index (χ2v) is 6.67. The predicted octanol–water partition coefficient (Wildman–Crippen LogP) is 4.84. The lowest BCUT2D eigenvalue weighted by molar-refractivity contribution is -0.384. The molecule has 1 amide bonds. The van der Waals surface area contributed by atoms with Gasteiger partial charge in [0.2, 0.25) is 5.91 Å². The highest BCUT2D eigenvalue weighted by atomic mass is 35.5. The number of rotatable bonds is 8. The molecule has 0 aliphatic carbocycles. The summed E-state index contributed by atoms with van der Waals surface area (Å²) in [5.41, 5.74) is 0.695. The Bertz CT molecular complexity index is 896. The number of nitro groups is 1. The Hall–Kier alpha value is -2.93. The summed E-state index contributed by atoms with van der Waals surface area (Å²) in [6, 6.07) is 9.16. The first-order valence-corrected chi connectivity index (χ1v) is 9.26. The minimum absolute atomic E-state index is 0.0424. The summed E-state index contributed by atoms with van der Waals surface area (Å²) in [7, 11) is 0. The van der Waals surface area contributed by atoms with Crippen LogP contribution in [0, 0.1) is 10.1 Å². The predicted molar refractivity (Wildman–Crippen MR) is 107 cm³/mol. The van der Waals surface area contributed by atoms with Crippen LogP contribution in [-0.4, -0.2) is 21.9 Å². The van der Waals surface area contributed by atoms with E-state index >= 15 is 0 Å². The molecule has 0 aliphatic heterocycles. The lowest BCUT2D eigenvalue weighted by Gasteiger charge is -2.26. The Morgan fingerprint density at radius 2 is 1.79 bits per heavy atom. The smallest absolute Gasteiger partial charge is 0.336 e. The number of amides is 1.